The van der Waals surface area contributed by atoms with Gasteiger partial charge >= 0.3 is 5.97 Å². The lowest BCUT2D eigenvalue weighted by Gasteiger charge is -2.24. The Morgan fingerprint density at radius 3 is 1.07 bits per heavy atom. The topological polar surface area (TPSA) is 95.9 Å². The smallest absolute Gasteiger partial charge is 0.306 e. The van der Waals surface area contributed by atoms with Gasteiger partial charge in [0.25, 0.3) is 0 Å². The quantitative estimate of drug-likeness (QED) is 0.0420. The highest BCUT2D eigenvalue weighted by atomic mass is 16.5. The highest BCUT2D eigenvalue weighted by molar-refractivity contribution is 5.77. The Kier molecular flexibility index (Phi) is 45.0. The van der Waals surface area contributed by atoms with Gasteiger partial charge in [-0.2, -0.15) is 0 Å². The van der Waals surface area contributed by atoms with Gasteiger partial charge in [-0.3, -0.25) is 9.59 Å². The third-order valence-electron chi connectivity index (χ3n) is 12.2. The molecule has 0 aliphatic rings. The second kappa shape index (κ2) is 45.9. The summed E-state index contributed by atoms with van der Waals surface area (Å²) in [5, 5.41) is 23.7. The van der Waals surface area contributed by atoms with Crippen LogP contribution < -0.4 is 5.32 Å². The molecule has 0 aromatic carbocycles. The molecule has 0 fully saturated rings. The molecule has 0 spiro atoms. The summed E-state index contributed by atoms with van der Waals surface area (Å²) in [5.74, 6) is -0.454. The summed E-state index contributed by atoms with van der Waals surface area (Å²) in [6.45, 7) is 6.50. The molecule has 3 N–H and O–H groups in total. The predicted octanol–water partition coefficient (Wildman–Crippen LogP) is 15.2. The highest BCUT2D eigenvalue weighted by Gasteiger charge is 2.24. The summed E-state index contributed by atoms with van der Waals surface area (Å²) in [7, 11) is 0. The first-order valence-corrected chi connectivity index (χ1v) is 25.8. The summed E-state index contributed by atoms with van der Waals surface area (Å²) in [6, 6.07) is -0.691. The fraction of sp³-hybridized carbons (Fsp3) is 0.961. The van der Waals surface area contributed by atoms with E-state index in [-0.39, 0.29) is 24.9 Å². The zero-order valence-electron chi connectivity index (χ0n) is 38.8. The van der Waals surface area contributed by atoms with Crippen LogP contribution >= 0.6 is 0 Å². The number of hydrogen-bond acceptors (Lipinski definition) is 5. The van der Waals surface area contributed by atoms with Crippen LogP contribution in [0.2, 0.25) is 0 Å². The molecule has 0 saturated heterocycles. The number of rotatable bonds is 47. The Bertz CT molecular complexity index is 821. The van der Waals surface area contributed by atoms with Gasteiger partial charge in [-0.25, -0.2) is 0 Å². The number of amides is 1. The van der Waals surface area contributed by atoms with E-state index in [1.807, 2.05) is 0 Å². The molecule has 3 unspecified atom stereocenters. The number of carbonyl (C=O) groups is 2. The van der Waals surface area contributed by atoms with E-state index in [0.29, 0.717) is 19.3 Å². The molecule has 1 amide bonds. The van der Waals surface area contributed by atoms with Gasteiger partial charge in [0, 0.05) is 6.42 Å². The minimum atomic E-state index is -0.778. The summed E-state index contributed by atoms with van der Waals surface area (Å²) in [6.07, 6.45) is 48.8. The van der Waals surface area contributed by atoms with E-state index >= 15 is 0 Å². The van der Waals surface area contributed by atoms with Gasteiger partial charge in [-0.15, -0.1) is 0 Å². The Hall–Kier alpha value is -1.14. The molecule has 0 aromatic rings. The average molecular weight is 808 g/mol. The van der Waals surface area contributed by atoms with Gasteiger partial charge < -0.3 is 20.3 Å². The van der Waals surface area contributed by atoms with E-state index in [2.05, 4.69) is 26.1 Å². The minimum Gasteiger partial charge on any atom is -0.462 e. The van der Waals surface area contributed by atoms with Gasteiger partial charge in [0.05, 0.1) is 25.2 Å². The summed E-state index contributed by atoms with van der Waals surface area (Å²) in [4.78, 5) is 26.0. The van der Waals surface area contributed by atoms with Crippen molar-refractivity contribution in [2.24, 2.45) is 0 Å². The van der Waals surface area contributed by atoms with Gasteiger partial charge in [-0.05, 0) is 25.7 Å². The normalized spacial score (nSPS) is 13.1. The molecular weight excluding hydrogens is 707 g/mol. The number of aliphatic hydroxyl groups excluding tert-OH is 2. The fourth-order valence-electron chi connectivity index (χ4n) is 8.26. The van der Waals surface area contributed by atoms with Gasteiger partial charge in [0.1, 0.15) is 6.10 Å². The van der Waals surface area contributed by atoms with Crippen molar-refractivity contribution < 1.29 is 24.5 Å². The SMILES string of the molecule is CCCCCCCCCCCCCCCCCCC(=O)OC(CCCCCCCCCCC)CC(=O)NC(CO)C(O)CCCCCCCCCCCCCCC. The van der Waals surface area contributed by atoms with E-state index in [1.165, 1.54) is 205 Å². The van der Waals surface area contributed by atoms with Crippen LogP contribution in [-0.2, 0) is 14.3 Å². The van der Waals surface area contributed by atoms with Crippen LogP contribution in [0.4, 0.5) is 0 Å². The molecule has 3 atom stereocenters. The maximum absolute atomic E-state index is 13.2. The predicted molar refractivity (Wildman–Crippen MR) is 246 cm³/mol. The Labute approximate surface area is 356 Å². The number of ether oxygens (including phenoxy) is 1. The molecule has 0 radical (unpaired) electrons. The standard InChI is InChI=1S/C51H101NO5/c1-4-7-10-13-16-19-21-23-24-25-27-29-32-35-38-41-44-51(56)57-47(42-39-36-33-30-18-15-12-9-6-3)45-50(55)52-48(46-53)49(54)43-40-37-34-31-28-26-22-20-17-14-11-8-5-2/h47-49,53-54H,4-46H2,1-3H3,(H,52,55). The molecule has 0 aliphatic carbocycles. The van der Waals surface area contributed by atoms with Crippen LogP contribution in [0.15, 0.2) is 0 Å². The first-order chi connectivity index (χ1) is 28.0. The molecule has 0 bridgehead atoms. The molecule has 57 heavy (non-hydrogen) atoms. The number of esters is 1. The van der Waals surface area contributed by atoms with Crippen molar-refractivity contribution in [1.82, 2.24) is 5.32 Å². The van der Waals surface area contributed by atoms with Gasteiger partial charge in [0.15, 0.2) is 0 Å². The first-order valence-electron chi connectivity index (χ1n) is 25.8. The van der Waals surface area contributed by atoms with Crippen molar-refractivity contribution >= 4 is 11.9 Å². The zero-order valence-corrected chi connectivity index (χ0v) is 38.8. The third kappa shape index (κ3) is 41.4. The van der Waals surface area contributed by atoms with E-state index < -0.39 is 18.2 Å². The molecule has 0 saturated carbocycles. The van der Waals surface area contributed by atoms with Crippen molar-refractivity contribution in [2.45, 2.75) is 309 Å². The van der Waals surface area contributed by atoms with Crippen molar-refractivity contribution in [3.05, 3.63) is 0 Å². The van der Waals surface area contributed by atoms with Crippen LogP contribution in [-0.4, -0.2) is 46.9 Å². The molecule has 0 rings (SSSR count). The summed E-state index contributed by atoms with van der Waals surface area (Å²) < 4.78 is 5.92. The largest absolute Gasteiger partial charge is 0.462 e. The molecular formula is C51H101NO5. The lowest BCUT2D eigenvalue weighted by molar-refractivity contribution is -0.151. The Morgan fingerprint density at radius 2 is 0.737 bits per heavy atom. The maximum Gasteiger partial charge on any atom is 0.306 e. The maximum atomic E-state index is 13.2. The molecule has 6 nitrogen and oxygen atoms in total. The van der Waals surface area contributed by atoms with Crippen molar-refractivity contribution in [3.63, 3.8) is 0 Å². The zero-order chi connectivity index (χ0) is 41.7. The Morgan fingerprint density at radius 1 is 0.439 bits per heavy atom. The van der Waals surface area contributed by atoms with Crippen LogP contribution in [0.25, 0.3) is 0 Å². The Balaban J connectivity index is 4.40. The van der Waals surface area contributed by atoms with Crippen LogP contribution in [0.1, 0.15) is 290 Å². The molecule has 340 valence electrons. The minimum absolute atomic E-state index is 0.0870. The van der Waals surface area contributed by atoms with Crippen molar-refractivity contribution in [1.29, 1.82) is 0 Å². The second-order valence-electron chi connectivity index (χ2n) is 17.9. The van der Waals surface area contributed by atoms with Gasteiger partial charge in [-0.1, -0.05) is 252 Å². The lowest BCUT2D eigenvalue weighted by atomic mass is 10.0. The van der Waals surface area contributed by atoms with E-state index in [9.17, 15) is 19.8 Å². The number of unbranched alkanes of at least 4 members (excludes halogenated alkanes) is 35. The van der Waals surface area contributed by atoms with Crippen molar-refractivity contribution in [2.75, 3.05) is 6.61 Å². The van der Waals surface area contributed by atoms with Crippen LogP contribution in [0, 0.1) is 0 Å². The van der Waals surface area contributed by atoms with E-state index in [1.54, 1.807) is 0 Å². The third-order valence-corrected chi connectivity index (χ3v) is 12.2. The second-order valence-corrected chi connectivity index (χ2v) is 17.9. The molecule has 0 aliphatic heterocycles. The fourth-order valence-corrected chi connectivity index (χ4v) is 8.26. The number of aliphatic hydroxyl groups is 2. The van der Waals surface area contributed by atoms with Crippen LogP contribution in [0.3, 0.4) is 0 Å². The van der Waals surface area contributed by atoms with Crippen LogP contribution in [0.5, 0.6) is 0 Å². The van der Waals surface area contributed by atoms with E-state index in [4.69, 9.17) is 4.74 Å². The lowest BCUT2D eigenvalue weighted by Crippen LogP contribution is -2.46. The van der Waals surface area contributed by atoms with E-state index in [0.717, 1.165) is 38.5 Å². The summed E-state index contributed by atoms with van der Waals surface area (Å²) >= 11 is 0. The number of hydrogen-bond donors (Lipinski definition) is 3. The molecule has 6 heteroatoms. The number of carbonyl (C=O) groups excluding carboxylic acids is 2. The molecule has 0 heterocycles. The first kappa shape index (κ1) is 55.9. The highest BCUT2D eigenvalue weighted by Crippen LogP contribution is 2.19. The van der Waals surface area contributed by atoms with Crippen molar-refractivity contribution in [3.8, 4) is 0 Å². The number of nitrogens with one attached hydrogen (secondary N) is 1. The summed E-state index contributed by atoms with van der Waals surface area (Å²) in [5.41, 5.74) is 0. The van der Waals surface area contributed by atoms with Gasteiger partial charge in [0.2, 0.25) is 5.91 Å². The monoisotopic (exact) mass is 808 g/mol. The molecule has 0 aromatic heterocycles. The average Bonchev–Trinajstić information content (AvgIpc) is 3.20.